The minimum Gasteiger partial charge on any atom is -0.350 e. The van der Waals surface area contributed by atoms with Gasteiger partial charge in [-0.1, -0.05) is 12.1 Å². The quantitative estimate of drug-likeness (QED) is 0.599. The zero-order valence-corrected chi connectivity index (χ0v) is 7.72. The molecule has 1 aromatic carbocycles. The van der Waals surface area contributed by atoms with Gasteiger partial charge in [-0.15, -0.1) is 0 Å². The Balaban J connectivity index is 2.77. The van der Waals surface area contributed by atoms with Crippen molar-refractivity contribution in [3.05, 3.63) is 29.3 Å². The molecule has 70 valence electrons. The SMILES string of the molecule is Cc1cccc(NNC(N)=O)c1C. The van der Waals surface area contributed by atoms with E-state index in [2.05, 4.69) is 10.9 Å². The van der Waals surface area contributed by atoms with E-state index in [-0.39, 0.29) is 0 Å². The van der Waals surface area contributed by atoms with E-state index in [1.807, 2.05) is 32.0 Å². The number of nitrogens with one attached hydrogen (secondary N) is 2. The van der Waals surface area contributed by atoms with E-state index in [1.165, 1.54) is 0 Å². The number of aryl methyl sites for hydroxylation is 1. The normalized spacial score (nSPS) is 9.38. The number of hydrogen-bond donors (Lipinski definition) is 3. The topological polar surface area (TPSA) is 67.2 Å². The van der Waals surface area contributed by atoms with Gasteiger partial charge in [0.15, 0.2) is 0 Å². The Labute approximate surface area is 77.1 Å². The standard InChI is InChI=1S/C9H13N3O/c1-6-4-3-5-8(7(6)2)11-12-9(10)13/h3-5,11H,1-2H3,(H3,10,12,13). The summed E-state index contributed by atoms with van der Waals surface area (Å²) in [5.74, 6) is 0. The third-order valence-electron chi connectivity index (χ3n) is 1.92. The summed E-state index contributed by atoms with van der Waals surface area (Å²) in [6.07, 6.45) is 0. The number of amides is 2. The van der Waals surface area contributed by atoms with Crippen molar-refractivity contribution in [2.45, 2.75) is 13.8 Å². The van der Waals surface area contributed by atoms with Gasteiger partial charge in [-0.05, 0) is 31.0 Å². The fraction of sp³-hybridized carbons (Fsp3) is 0.222. The minimum absolute atomic E-state index is 0.596. The highest BCUT2D eigenvalue weighted by molar-refractivity contribution is 5.73. The maximum Gasteiger partial charge on any atom is 0.330 e. The Kier molecular flexibility index (Phi) is 2.74. The summed E-state index contributed by atoms with van der Waals surface area (Å²) in [5, 5.41) is 0. The molecule has 0 unspecified atom stereocenters. The highest BCUT2D eigenvalue weighted by Gasteiger charge is 1.99. The predicted molar refractivity (Wildman–Crippen MR) is 52.3 cm³/mol. The molecule has 0 aromatic heterocycles. The van der Waals surface area contributed by atoms with Gasteiger partial charge >= 0.3 is 6.03 Å². The first-order chi connectivity index (χ1) is 6.11. The van der Waals surface area contributed by atoms with Crippen molar-refractivity contribution in [2.24, 2.45) is 5.73 Å². The lowest BCUT2D eigenvalue weighted by Crippen LogP contribution is -2.34. The van der Waals surface area contributed by atoms with E-state index in [4.69, 9.17) is 5.73 Å². The number of primary amides is 1. The Morgan fingerprint density at radius 1 is 1.38 bits per heavy atom. The average Bonchev–Trinajstić information content (AvgIpc) is 2.07. The van der Waals surface area contributed by atoms with Crippen LogP contribution in [0.25, 0.3) is 0 Å². The summed E-state index contributed by atoms with van der Waals surface area (Å²) in [6, 6.07) is 5.19. The number of anilines is 1. The Morgan fingerprint density at radius 3 is 2.69 bits per heavy atom. The molecular weight excluding hydrogens is 166 g/mol. The monoisotopic (exact) mass is 179 g/mol. The lowest BCUT2D eigenvalue weighted by molar-refractivity contribution is 0.250. The number of carbonyl (C=O) groups is 1. The number of carbonyl (C=O) groups excluding carboxylic acids is 1. The van der Waals surface area contributed by atoms with Crippen LogP contribution < -0.4 is 16.6 Å². The van der Waals surface area contributed by atoms with E-state index >= 15 is 0 Å². The first-order valence-electron chi connectivity index (χ1n) is 3.99. The molecule has 0 atom stereocenters. The van der Waals surface area contributed by atoms with Crippen molar-refractivity contribution in [1.29, 1.82) is 0 Å². The lowest BCUT2D eigenvalue weighted by Gasteiger charge is -2.10. The van der Waals surface area contributed by atoms with Crippen LogP contribution >= 0.6 is 0 Å². The Hall–Kier alpha value is -1.71. The highest BCUT2D eigenvalue weighted by atomic mass is 16.2. The summed E-state index contributed by atoms with van der Waals surface area (Å²) in [4.78, 5) is 10.4. The van der Waals surface area contributed by atoms with Gasteiger partial charge in [0.1, 0.15) is 0 Å². The van der Waals surface area contributed by atoms with Crippen molar-refractivity contribution in [1.82, 2.24) is 5.43 Å². The van der Waals surface area contributed by atoms with Gasteiger partial charge in [0.25, 0.3) is 0 Å². The zero-order valence-electron chi connectivity index (χ0n) is 7.72. The van der Waals surface area contributed by atoms with Crippen molar-refractivity contribution >= 4 is 11.7 Å². The third-order valence-corrected chi connectivity index (χ3v) is 1.92. The molecular formula is C9H13N3O. The fourth-order valence-electron chi connectivity index (χ4n) is 1.02. The maximum absolute atomic E-state index is 10.4. The van der Waals surface area contributed by atoms with Crippen molar-refractivity contribution in [3.63, 3.8) is 0 Å². The molecule has 1 aromatic rings. The molecule has 0 aliphatic rings. The van der Waals surface area contributed by atoms with E-state index in [9.17, 15) is 4.79 Å². The van der Waals surface area contributed by atoms with Crippen LogP contribution in [0.1, 0.15) is 11.1 Å². The van der Waals surface area contributed by atoms with Crippen LogP contribution in [-0.4, -0.2) is 6.03 Å². The Morgan fingerprint density at radius 2 is 2.08 bits per heavy atom. The number of hydrazine groups is 1. The molecule has 0 aliphatic carbocycles. The second-order valence-electron chi connectivity index (χ2n) is 2.86. The van der Waals surface area contributed by atoms with Gasteiger partial charge < -0.3 is 5.73 Å². The summed E-state index contributed by atoms with van der Waals surface area (Å²) in [6.45, 7) is 3.98. The van der Waals surface area contributed by atoms with E-state index in [1.54, 1.807) is 0 Å². The minimum atomic E-state index is -0.596. The summed E-state index contributed by atoms with van der Waals surface area (Å²) in [5.41, 5.74) is 13.1. The summed E-state index contributed by atoms with van der Waals surface area (Å²) < 4.78 is 0. The number of urea groups is 1. The molecule has 0 aliphatic heterocycles. The van der Waals surface area contributed by atoms with Crippen LogP contribution in [0.2, 0.25) is 0 Å². The summed E-state index contributed by atoms with van der Waals surface area (Å²) in [7, 11) is 0. The smallest absolute Gasteiger partial charge is 0.330 e. The van der Waals surface area contributed by atoms with Crippen LogP contribution in [0.4, 0.5) is 10.5 Å². The molecule has 0 heterocycles. The molecule has 2 amide bonds. The second kappa shape index (κ2) is 3.80. The van der Waals surface area contributed by atoms with E-state index < -0.39 is 6.03 Å². The van der Waals surface area contributed by atoms with Crippen LogP contribution in [-0.2, 0) is 0 Å². The largest absolute Gasteiger partial charge is 0.350 e. The van der Waals surface area contributed by atoms with Crippen LogP contribution in [0.5, 0.6) is 0 Å². The molecule has 0 saturated heterocycles. The molecule has 4 nitrogen and oxygen atoms in total. The first kappa shape index (κ1) is 9.38. The number of rotatable bonds is 2. The molecule has 4 N–H and O–H groups in total. The molecule has 0 fully saturated rings. The van der Waals surface area contributed by atoms with Crippen LogP contribution in [0.3, 0.4) is 0 Å². The number of nitrogens with two attached hydrogens (primary N) is 1. The fourth-order valence-corrected chi connectivity index (χ4v) is 1.02. The molecule has 13 heavy (non-hydrogen) atoms. The van der Waals surface area contributed by atoms with Gasteiger partial charge in [0.2, 0.25) is 0 Å². The predicted octanol–water partition coefficient (Wildman–Crippen LogP) is 1.30. The molecule has 0 spiro atoms. The molecule has 0 saturated carbocycles. The summed E-state index contributed by atoms with van der Waals surface area (Å²) >= 11 is 0. The number of hydrogen-bond acceptors (Lipinski definition) is 2. The van der Waals surface area contributed by atoms with Gasteiger partial charge in [0.05, 0.1) is 5.69 Å². The number of benzene rings is 1. The van der Waals surface area contributed by atoms with Crippen LogP contribution in [0.15, 0.2) is 18.2 Å². The van der Waals surface area contributed by atoms with Gasteiger partial charge in [0, 0.05) is 0 Å². The molecule has 0 radical (unpaired) electrons. The van der Waals surface area contributed by atoms with Gasteiger partial charge in [-0.3, -0.25) is 10.9 Å². The zero-order chi connectivity index (χ0) is 9.84. The van der Waals surface area contributed by atoms with Gasteiger partial charge in [-0.2, -0.15) is 0 Å². The Bertz CT molecular complexity index is 323. The maximum atomic E-state index is 10.4. The van der Waals surface area contributed by atoms with E-state index in [0.717, 1.165) is 16.8 Å². The third kappa shape index (κ3) is 2.37. The van der Waals surface area contributed by atoms with E-state index in [0.29, 0.717) is 0 Å². The molecule has 0 bridgehead atoms. The second-order valence-corrected chi connectivity index (χ2v) is 2.86. The lowest BCUT2D eigenvalue weighted by atomic mass is 10.1. The average molecular weight is 179 g/mol. The van der Waals surface area contributed by atoms with Crippen molar-refractivity contribution in [2.75, 3.05) is 5.43 Å². The molecule has 1 rings (SSSR count). The highest BCUT2D eigenvalue weighted by Crippen LogP contribution is 2.16. The van der Waals surface area contributed by atoms with Crippen molar-refractivity contribution in [3.8, 4) is 0 Å². The molecule has 4 heteroatoms. The van der Waals surface area contributed by atoms with Crippen molar-refractivity contribution < 1.29 is 4.79 Å². The first-order valence-corrected chi connectivity index (χ1v) is 3.99. The van der Waals surface area contributed by atoms with Gasteiger partial charge in [-0.25, -0.2) is 4.79 Å². The van der Waals surface area contributed by atoms with Crippen LogP contribution in [0, 0.1) is 13.8 Å².